The number of hydrogen-bond donors (Lipinski definition) is 1. The molecule has 2 aromatic heterocycles. The van der Waals surface area contributed by atoms with E-state index in [2.05, 4.69) is 26.2 Å². The highest BCUT2D eigenvalue weighted by Crippen LogP contribution is 2.30. The van der Waals surface area contributed by atoms with E-state index in [0.29, 0.717) is 0 Å². The van der Waals surface area contributed by atoms with Crippen LogP contribution in [0.1, 0.15) is 31.0 Å². The summed E-state index contributed by atoms with van der Waals surface area (Å²) in [5, 5.41) is 3.26. The molecule has 1 N–H and O–H groups in total. The van der Waals surface area contributed by atoms with E-state index >= 15 is 0 Å². The predicted molar refractivity (Wildman–Crippen MR) is 77.3 cm³/mol. The van der Waals surface area contributed by atoms with Crippen molar-refractivity contribution in [2.45, 2.75) is 26.0 Å². The van der Waals surface area contributed by atoms with E-state index < -0.39 is 0 Å². The summed E-state index contributed by atoms with van der Waals surface area (Å²) in [6, 6.07) is 3.94. The molecule has 1 unspecified atom stereocenters. The number of furan rings is 1. The van der Waals surface area contributed by atoms with Gasteiger partial charge in [-0.3, -0.25) is 4.98 Å². The van der Waals surface area contributed by atoms with Crippen LogP contribution in [0.5, 0.6) is 5.75 Å². The zero-order valence-electron chi connectivity index (χ0n) is 11.2. The molecule has 2 aromatic rings. The minimum absolute atomic E-state index is 0.0105. The molecule has 102 valence electrons. The first kappa shape index (κ1) is 14.1. The molecule has 0 radical (unpaired) electrons. The fraction of sp³-hybridized carbons (Fsp3) is 0.357. The average molecular weight is 325 g/mol. The monoisotopic (exact) mass is 324 g/mol. The van der Waals surface area contributed by atoms with E-state index in [1.54, 1.807) is 12.5 Å². The van der Waals surface area contributed by atoms with Crippen LogP contribution >= 0.6 is 15.9 Å². The lowest BCUT2D eigenvalue weighted by Crippen LogP contribution is -2.18. The number of ether oxygens (including phenoxy) is 1. The number of hydrogen-bond acceptors (Lipinski definition) is 4. The molecule has 0 fully saturated rings. The van der Waals surface area contributed by atoms with Crippen molar-refractivity contribution in [2.75, 3.05) is 7.05 Å². The third-order valence-corrected chi connectivity index (χ3v) is 3.33. The van der Waals surface area contributed by atoms with Crippen LogP contribution in [0.4, 0.5) is 0 Å². The maximum Gasteiger partial charge on any atom is 0.174 e. The molecule has 0 aliphatic rings. The van der Waals surface area contributed by atoms with Crippen molar-refractivity contribution >= 4 is 15.9 Å². The summed E-state index contributed by atoms with van der Waals surface area (Å²) < 4.78 is 11.7. The summed E-state index contributed by atoms with van der Waals surface area (Å²) in [4.78, 5) is 4.24. The SMILES string of the molecule is CNC(c1cncc(OC(C)C)c1)c1ccoc1Br. The lowest BCUT2D eigenvalue weighted by atomic mass is 10.0. The Bertz CT molecular complexity index is 540. The van der Waals surface area contributed by atoms with Crippen LogP contribution in [0.15, 0.2) is 39.9 Å². The minimum Gasteiger partial charge on any atom is -0.489 e. The summed E-state index contributed by atoms with van der Waals surface area (Å²) >= 11 is 3.41. The zero-order valence-corrected chi connectivity index (χ0v) is 12.8. The molecular formula is C14H17BrN2O2. The topological polar surface area (TPSA) is 47.3 Å². The molecule has 0 spiro atoms. The van der Waals surface area contributed by atoms with E-state index in [0.717, 1.165) is 21.5 Å². The van der Waals surface area contributed by atoms with Crippen LogP contribution in [0, 0.1) is 0 Å². The Morgan fingerprint density at radius 1 is 1.37 bits per heavy atom. The lowest BCUT2D eigenvalue weighted by Gasteiger charge is -2.17. The average Bonchev–Trinajstić information content (AvgIpc) is 2.77. The Hall–Kier alpha value is -1.33. The number of rotatable bonds is 5. The van der Waals surface area contributed by atoms with E-state index in [1.165, 1.54) is 0 Å². The highest BCUT2D eigenvalue weighted by atomic mass is 79.9. The zero-order chi connectivity index (χ0) is 13.8. The summed E-state index contributed by atoms with van der Waals surface area (Å²) in [5.74, 6) is 0.771. The molecule has 0 bridgehead atoms. The molecule has 0 saturated heterocycles. The van der Waals surface area contributed by atoms with Crippen LogP contribution in [0.3, 0.4) is 0 Å². The molecule has 2 rings (SSSR count). The van der Waals surface area contributed by atoms with Gasteiger partial charge in [-0.05, 0) is 54.5 Å². The second-order valence-corrected chi connectivity index (χ2v) is 5.21. The highest BCUT2D eigenvalue weighted by Gasteiger charge is 2.18. The van der Waals surface area contributed by atoms with Crippen LogP contribution in [-0.2, 0) is 0 Å². The van der Waals surface area contributed by atoms with Crippen LogP contribution in [-0.4, -0.2) is 18.1 Å². The molecule has 5 heteroatoms. The van der Waals surface area contributed by atoms with Gasteiger partial charge in [0.1, 0.15) is 5.75 Å². The van der Waals surface area contributed by atoms with Crippen molar-refractivity contribution in [3.05, 3.63) is 46.6 Å². The Morgan fingerprint density at radius 3 is 2.74 bits per heavy atom. The number of nitrogens with one attached hydrogen (secondary N) is 1. The van der Waals surface area contributed by atoms with E-state index in [9.17, 15) is 0 Å². The molecule has 1 atom stereocenters. The number of aromatic nitrogens is 1. The largest absolute Gasteiger partial charge is 0.489 e. The standard InChI is InChI=1S/C14H17BrN2O2/c1-9(2)19-11-6-10(7-17-8-11)13(16-3)12-4-5-18-14(12)15/h4-9,13,16H,1-3H3. The lowest BCUT2D eigenvalue weighted by molar-refractivity contribution is 0.241. The second kappa shape index (κ2) is 6.21. The molecule has 2 heterocycles. The third-order valence-electron chi connectivity index (χ3n) is 2.69. The molecule has 0 aliphatic heterocycles. The van der Waals surface area contributed by atoms with Gasteiger partial charge in [-0.2, -0.15) is 0 Å². The Balaban J connectivity index is 2.31. The number of pyridine rings is 1. The van der Waals surface area contributed by atoms with Gasteiger partial charge < -0.3 is 14.5 Å². The first-order valence-corrected chi connectivity index (χ1v) is 6.93. The van der Waals surface area contributed by atoms with Gasteiger partial charge in [-0.25, -0.2) is 0 Å². The molecule has 0 aromatic carbocycles. The van der Waals surface area contributed by atoms with Gasteiger partial charge in [0.15, 0.2) is 4.67 Å². The Kier molecular flexibility index (Phi) is 4.61. The van der Waals surface area contributed by atoms with E-state index in [1.807, 2.05) is 39.2 Å². The number of halogens is 1. The van der Waals surface area contributed by atoms with Gasteiger partial charge in [0.2, 0.25) is 0 Å². The molecular weight excluding hydrogens is 308 g/mol. The van der Waals surface area contributed by atoms with Gasteiger partial charge in [-0.15, -0.1) is 0 Å². The van der Waals surface area contributed by atoms with Crippen molar-refractivity contribution in [3.63, 3.8) is 0 Å². The van der Waals surface area contributed by atoms with Crippen LogP contribution < -0.4 is 10.1 Å². The molecule has 0 aliphatic carbocycles. The Labute approximate surface area is 121 Å². The maximum atomic E-state index is 5.67. The molecule has 0 saturated carbocycles. The summed E-state index contributed by atoms with van der Waals surface area (Å²) in [6.45, 7) is 3.99. The van der Waals surface area contributed by atoms with E-state index in [-0.39, 0.29) is 12.1 Å². The van der Waals surface area contributed by atoms with Gasteiger partial charge in [0.05, 0.1) is 24.6 Å². The third kappa shape index (κ3) is 3.36. The van der Waals surface area contributed by atoms with Gasteiger partial charge in [-0.1, -0.05) is 0 Å². The maximum absolute atomic E-state index is 5.67. The number of nitrogens with zero attached hydrogens (tertiary/aromatic N) is 1. The fourth-order valence-electron chi connectivity index (χ4n) is 1.94. The Morgan fingerprint density at radius 2 is 2.16 bits per heavy atom. The first-order chi connectivity index (χ1) is 9.11. The van der Waals surface area contributed by atoms with Crippen LogP contribution in [0.25, 0.3) is 0 Å². The first-order valence-electron chi connectivity index (χ1n) is 6.13. The van der Waals surface area contributed by atoms with E-state index in [4.69, 9.17) is 9.15 Å². The summed E-state index contributed by atoms with van der Waals surface area (Å²) in [5.41, 5.74) is 2.06. The van der Waals surface area contributed by atoms with Crippen molar-refractivity contribution < 1.29 is 9.15 Å². The summed E-state index contributed by atoms with van der Waals surface area (Å²) in [6.07, 6.45) is 5.34. The molecule has 19 heavy (non-hydrogen) atoms. The summed E-state index contributed by atoms with van der Waals surface area (Å²) in [7, 11) is 1.90. The normalized spacial score (nSPS) is 12.7. The minimum atomic E-state index is 0.0105. The van der Waals surface area contributed by atoms with Crippen molar-refractivity contribution in [3.8, 4) is 5.75 Å². The van der Waals surface area contributed by atoms with Gasteiger partial charge in [0, 0.05) is 11.8 Å². The molecule has 4 nitrogen and oxygen atoms in total. The highest BCUT2D eigenvalue weighted by molar-refractivity contribution is 9.10. The predicted octanol–water partition coefficient (Wildman–Crippen LogP) is 3.53. The van der Waals surface area contributed by atoms with Gasteiger partial charge in [0.25, 0.3) is 0 Å². The van der Waals surface area contributed by atoms with Gasteiger partial charge >= 0.3 is 0 Å². The van der Waals surface area contributed by atoms with Crippen molar-refractivity contribution in [1.82, 2.24) is 10.3 Å². The fourth-order valence-corrected chi connectivity index (χ4v) is 2.41. The molecule has 0 amide bonds. The van der Waals surface area contributed by atoms with Crippen LogP contribution in [0.2, 0.25) is 0 Å². The quantitative estimate of drug-likeness (QED) is 0.913. The van der Waals surface area contributed by atoms with Crippen molar-refractivity contribution in [1.29, 1.82) is 0 Å². The van der Waals surface area contributed by atoms with Crippen molar-refractivity contribution in [2.24, 2.45) is 0 Å². The second-order valence-electron chi connectivity index (χ2n) is 4.49. The smallest absolute Gasteiger partial charge is 0.174 e.